The smallest absolute Gasteiger partial charge is 0.394 e. The molecule has 0 fully saturated rings. The predicted octanol–water partition coefficient (Wildman–Crippen LogP) is 2.06. The quantitative estimate of drug-likeness (QED) is 0.774. The third-order valence-corrected chi connectivity index (χ3v) is 2.42. The molecule has 94 valence electrons. The minimum absolute atomic E-state index is 0.0970. The number of esters is 1. The van der Waals surface area contributed by atoms with Gasteiger partial charge in [-0.15, -0.1) is 0 Å². The highest BCUT2D eigenvalue weighted by Gasteiger charge is 2.20. The van der Waals surface area contributed by atoms with Crippen molar-refractivity contribution in [3.8, 4) is 5.95 Å². The van der Waals surface area contributed by atoms with Crippen LogP contribution in [0.3, 0.4) is 0 Å². The van der Waals surface area contributed by atoms with Crippen LogP contribution in [0.4, 0.5) is 0 Å². The first kappa shape index (κ1) is 12.2. The van der Waals surface area contributed by atoms with Crippen LogP contribution >= 0.6 is 0 Å². The molecular formula is C13H13NO4. The molecule has 0 N–H and O–H groups in total. The number of nitrogens with zero attached hydrogens (tertiary/aromatic N) is 1. The first-order valence-corrected chi connectivity index (χ1v) is 5.40. The Morgan fingerprint density at radius 3 is 2.61 bits per heavy atom. The second kappa shape index (κ2) is 5.35. The summed E-state index contributed by atoms with van der Waals surface area (Å²) < 4.78 is 14.8. The number of hydrogen-bond donors (Lipinski definition) is 0. The second-order valence-corrected chi connectivity index (χ2v) is 3.61. The fourth-order valence-corrected chi connectivity index (χ4v) is 1.57. The fourth-order valence-electron chi connectivity index (χ4n) is 1.57. The SMILES string of the molecule is COC(=O)c1nc(Cc2ccccc2)c(OC)o1. The van der Waals surface area contributed by atoms with Crippen molar-refractivity contribution in [2.75, 3.05) is 14.2 Å². The largest absolute Gasteiger partial charge is 0.467 e. The molecule has 0 atom stereocenters. The number of oxazole rings is 1. The maximum Gasteiger partial charge on any atom is 0.394 e. The van der Waals surface area contributed by atoms with Gasteiger partial charge in [0.25, 0.3) is 0 Å². The molecular weight excluding hydrogens is 234 g/mol. The van der Waals surface area contributed by atoms with Gasteiger partial charge in [0.15, 0.2) is 0 Å². The highest BCUT2D eigenvalue weighted by atomic mass is 16.6. The Morgan fingerprint density at radius 1 is 1.28 bits per heavy atom. The fraction of sp³-hybridized carbons (Fsp3) is 0.231. The highest BCUT2D eigenvalue weighted by Crippen LogP contribution is 2.22. The van der Waals surface area contributed by atoms with Crippen molar-refractivity contribution in [2.24, 2.45) is 0 Å². The van der Waals surface area contributed by atoms with E-state index in [4.69, 9.17) is 9.15 Å². The Labute approximate surface area is 104 Å². The van der Waals surface area contributed by atoms with E-state index in [1.54, 1.807) is 0 Å². The molecule has 0 bridgehead atoms. The molecule has 1 aromatic heterocycles. The molecule has 0 aliphatic heterocycles. The van der Waals surface area contributed by atoms with Gasteiger partial charge in [-0.1, -0.05) is 30.3 Å². The molecule has 18 heavy (non-hydrogen) atoms. The van der Waals surface area contributed by atoms with Crippen LogP contribution in [-0.2, 0) is 11.2 Å². The third kappa shape index (κ3) is 2.51. The number of hydrogen-bond acceptors (Lipinski definition) is 5. The normalized spacial score (nSPS) is 10.1. The number of methoxy groups -OCH3 is 2. The molecule has 1 heterocycles. The lowest BCUT2D eigenvalue weighted by atomic mass is 10.1. The molecule has 0 spiro atoms. The number of carbonyl (C=O) groups is 1. The van der Waals surface area contributed by atoms with E-state index >= 15 is 0 Å². The Kier molecular flexibility index (Phi) is 3.62. The van der Waals surface area contributed by atoms with Gasteiger partial charge < -0.3 is 13.9 Å². The molecule has 0 saturated carbocycles. The molecule has 0 unspecified atom stereocenters. The highest BCUT2D eigenvalue weighted by molar-refractivity contribution is 5.84. The summed E-state index contributed by atoms with van der Waals surface area (Å²) in [7, 11) is 2.74. The van der Waals surface area contributed by atoms with Crippen LogP contribution < -0.4 is 4.74 Å². The van der Waals surface area contributed by atoms with E-state index in [0.717, 1.165) is 5.56 Å². The van der Waals surface area contributed by atoms with Gasteiger partial charge in [0, 0.05) is 6.42 Å². The van der Waals surface area contributed by atoms with Gasteiger partial charge in [-0.3, -0.25) is 0 Å². The van der Waals surface area contributed by atoms with Crippen molar-refractivity contribution in [1.29, 1.82) is 0 Å². The Hall–Kier alpha value is -2.30. The van der Waals surface area contributed by atoms with Crippen molar-refractivity contribution in [2.45, 2.75) is 6.42 Å². The monoisotopic (exact) mass is 247 g/mol. The van der Waals surface area contributed by atoms with Crippen molar-refractivity contribution in [3.63, 3.8) is 0 Å². The van der Waals surface area contributed by atoms with Crippen molar-refractivity contribution in [1.82, 2.24) is 4.98 Å². The van der Waals surface area contributed by atoms with E-state index < -0.39 is 5.97 Å². The van der Waals surface area contributed by atoms with E-state index in [1.807, 2.05) is 30.3 Å². The van der Waals surface area contributed by atoms with Crippen LogP contribution in [0.25, 0.3) is 0 Å². The maximum atomic E-state index is 11.3. The molecule has 0 radical (unpaired) electrons. The third-order valence-electron chi connectivity index (χ3n) is 2.42. The van der Waals surface area contributed by atoms with E-state index in [2.05, 4.69) is 9.72 Å². The van der Waals surface area contributed by atoms with E-state index in [-0.39, 0.29) is 11.8 Å². The van der Waals surface area contributed by atoms with E-state index in [1.165, 1.54) is 14.2 Å². The zero-order chi connectivity index (χ0) is 13.0. The van der Waals surface area contributed by atoms with Crippen LogP contribution in [0.1, 0.15) is 21.9 Å². The zero-order valence-electron chi connectivity index (χ0n) is 10.2. The number of carbonyl (C=O) groups excluding carboxylic acids is 1. The van der Waals surface area contributed by atoms with Crippen molar-refractivity contribution in [3.05, 3.63) is 47.5 Å². The average Bonchev–Trinajstić information content (AvgIpc) is 2.82. The lowest BCUT2D eigenvalue weighted by Crippen LogP contribution is -2.01. The van der Waals surface area contributed by atoms with Crippen LogP contribution in [0.15, 0.2) is 34.7 Å². The first-order chi connectivity index (χ1) is 8.74. The predicted molar refractivity (Wildman–Crippen MR) is 63.6 cm³/mol. The average molecular weight is 247 g/mol. The van der Waals surface area contributed by atoms with Crippen LogP contribution in [-0.4, -0.2) is 25.2 Å². The number of benzene rings is 1. The standard InChI is InChI=1S/C13H13NO4/c1-16-12(15)11-14-10(13(17-2)18-11)8-9-6-4-3-5-7-9/h3-7H,8H2,1-2H3. The second-order valence-electron chi connectivity index (χ2n) is 3.61. The van der Waals surface area contributed by atoms with Crippen LogP contribution in [0, 0.1) is 0 Å². The van der Waals surface area contributed by atoms with Gasteiger partial charge in [-0.25, -0.2) is 9.78 Å². The molecule has 0 aliphatic rings. The molecule has 2 rings (SSSR count). The lowest BCUT2D eigenvalue weighted by Gasteiger charge is -1.99. The summed E-state index contributed by atoms with van der Waals surface area (Å²) in [6.07, 6.45) is 0.532. The number of ether oxygens (including phenoxy) is 2. The molecule has 1 aromatic carbocycles. The topological polar surface area (TPSA) is 61.6 Å². The minimum Gasteiger partial charge on any atom is -0.467 e. The van der Waals surface area contributed by atoms with Crippen LogP contribution in [0.2, 0.25) is 0 Å². The zero-order valence-corrected chi connectivity index (χ0v) is 10.2. The maximum absolute atomic E-state index is 11.3. The Morgan fingerprint density at radius 2 is 2.00 bits per heavy atom. The van der Waals surface area contributed by atoms with Gasteiger partial charge in [-0.05, 0) is 5.56 Å². The van der Waals surface area contributed by atoms with E-state index in [0.29, 0.717) is 12.1 Å². The first-order valence-electron chi connectivity index (χ1n) is 5.40. The summed E-state index contributed by atoms with van der Waals surface area (Å²) in [6.45, 7) is 0. The van der Waals surface area contributed by atoms with Gasteiger partial charge in [-0.2, -0.15) is 0 Å². The summed E-state index contributed by atoms with van der Waals surface area (Å²) in [4.78, 5) is 15.4. The molecule has 0 amide bonds. The number of rotatable bonds is 4. The molecule has 2 aromatic rings. The molecule has 5 nitrogen and oxygen atoms in total. The molecule has 0 aliphatic carbocycles. The van der Waals surface area contributed by atoms with Gasteiger partial charge in [0.2, 0.25) is 0 Å². The molecule has 0 saturated heterocycles. The summed E-state index contributed by atoms with van der Waals surface area (Å²) in [5.41, 5.74) is 1.63. The Bertz CT molecular complexity index is 533. The number of aromatic nitrogens is 1. The van der Waals surface area contributed by atoms with Crippen molar-refractivity contribution < 1.29 is 18.7 Å². The van der Waals surface area contributed by atoms with Crippen LogP contribution in [0.5, 0.6) is 5.95 Å². The summed E-state index contributed by atoms with van der Waals surface area (Å²) in [5, 5.41) is 0. The minimum atomic E-state index is -0.618. The summed E-state index contributed by atoms with van der Waals surface area (Å²) >= 11 is 0. The van der Waals surface area contributed by atoms with Gasteiger partial charge >= 0.3 is 17.8 Å². The van der Waals surface area contributed by atoms with Gasteiger partial charge in [0.1, 0.15) is 5.69 Å². The van der Waals surface area contributed by atoms with Crippen molar-refractivity contribution >= 4 is 5.97 Å². The van der Waals surface area contributed by atoms with E-state index in [9.17, 15) is 4.79 Å². The Balaban J connectivity index is 2.27. The molecule has 5 heteroatoms. The summed E-state index contributed by atoms with van der Waals surface area (Å²) in [6, 6.07) is 9.73. The summed E-state index contributed by atoms with van der Waals surface area (Å²) in [5.74, 6) is -0.479. The van der Waals surface area contributed by atoms with Gasteiger partial charge in [0.05, 0.1) is 14.2 Å². The lowest BCUT2D eigenvalue weighted by molar-refractivity contribution is 0.0550.